The van der Waals surface area contributed by atoms with Gasteiger partial charge >= 0.3 is 0 Å². The average molecular weight is 296 g/mol. The molecule has 0 radical (unpaired) electrons. The van der Waals surface area contributed by atoms with Crippen molar-refractivity contribution in [2.75, 3.05) is 32.2 Å². The van der Waals surface area contributed by atoms with Gasteiger partial charge in [-0.1, -0.05) is 0 Å². The molecule has 0 aliphatic carbocycles. The average Bonchev–Trinajstić information content (AvgIpc) is 2.47. The Labute approximate surface area is 122 Å². The van der Waals surface area contributed by atoms with E-state index in [1.807, 2.05) is 16.7 Å². The van der Waals surface area contributed by atoms with Crippen molar-refractivity contribution in [1.29, 1.82) is 0 Å². The third-order valence-electron chi connectivity index (χ3n) is 3.54. The number of methoxy groups -OCH3 is 1. The third-order valence-corrected chi connectivity index (χ3v) is 4.34. The molecule has 1 fully saturated rings. The van der Waals surface area contributed by atoms with Crippen molar-refractivity contribution in [2.24, 2.45) is 5.92 Å². The molecule has 0 unspecified atom stereocenters. The van der Waals surface area contributed by atoms with Crippen molar-refractivity contribution >= 4 is 17.7 Å². The van der Waals surface area contributed by atoms with Crippen molar-refractivity contribution in [2.45, 2.75) is 12.8 Å². The van der Waals surface area contributed by atoms with Gasteiger partial charge in [0.2, 0.25) is 5.43 Å². The Morgan fingerprint density at radius 1 is 1.60 bits per heavy atom. The number of hydrogen-bond acceptors (Lipinski definition) is 4. The van der Waals surface area contributed by atoms with Crippen LogP contribution in [0.4, 0.5) is 0 Å². The van der Waals surface area contributed by atoms with Crippen molar-refractivity contribution < 1.29 is 9.53 Å². The molecule has 0 spiro atoms. The van der Waals surface area contributed by atoms with Gasteiger partial charge in [-0.2, -0.15) is 11.8 Å². The summed E-state index contributed by atoms with van der Waals surface area (Å²) in [6, 6.07) is 1.32. The summed E-state index contributed by atoms with van der Waals surface area (Å²) in [5, 5.41) is 0. The number of pyridine rings is 1. The summed E-state index contributed by atoms with van der Waals surface area (Å²) in [4.78, 5) is 28.8. The van der Waals surface area contributed by atoms with Gasteiger partial charge in [-0.05, 0) is 30.8 Å². The van der Waals surface area contributed by atoms with Crippen LogP contribution in [0.15, 0.2) is 17.1 Å². The largest absolute Gasteiger partial charge is 0.491 e. The maximum Gasteiger partial charge on any atom is 0.270 e. The molecule has 1 atom stereocenters. The Kier molecular flexibility index (Phi) is 5.11. The zero-order chi connectivity index (χ0) is 14.5. The Bertz CT molecular complexity index is 527. The second-order valence-corrected chi connectivity index (χ2v) is 5.90. The summed E-state index contributed by atoms with van der Waals surface area (Å²) >= 11 is 1.81. The first-order chi connectivity index (χ1) is 9.65. The quantitative estimate of drug-likeness (QED) is 0.916. The van der Waals surface area contributed by atoms with E-state index in [-0.39, 0.29) is 17.1 Å². The molecule has 1 aliphatic rings. The first-order valence-corrected chi connectivity index (χ1v) is 8.10. The van der Waals surface area contributed by atoms with Crippen LogP contribution in [0.2, 0.25) is 0 Å². The Morgan fingerprint density at radius 2 is 2.40 bits per heavy atom. The Hall–Kier alpha value is -1.43. The van der Waals surface area contributed by atoms with Gasteiger partial charge in [0.15, 0.2) is 5.75 Å². The molecular weight excluding hydrogens is 276 g/mol. The second-order valence-electron chi connectivity index (χ2n) is 4.99. The standard InChI is InChI=1S/C14H20N2O3S/c1-19-13-7-15-11(6-12(13)17)14(18)16-5-3-4-10(8-16)9-20-2/h6-7,10H,3-5,8-9H2,1-2H3,(H,15,17)/t10-/m1/s1. The predicted octanol–water partition coefficient (Wildman–Crippen LogP) is 1.60. The van der Waals surface area contributed by atoms with Crippen molar-refractivity contribution in [1.82, 2.24) is 9.88 Å². The minimum Gasteiger partial charge on any atom is -0.491 e. The molecule has 0 saturated carbocycles. The van der Waals surface area contributed by atoms with E-state index in [1.54, 1.807) is 0 Å². The van der Waals surface area contributed by atoms with E-state index in [9.17, 15) is 9.59 Å². The van der Waals surface area contributed by atoms with Gasteiger partial charge in [0.1, 0.15) is 5.69 Å². The summed E-state index contributed by atoms with van der Waals surface area (Å²) in [7, 11) is 1.43. The molecular formula is C14H20N2O3S. The highest BCUT2D eigenvalue weighted by molar-refractivity contribution is 7.98. The summed E-state index contributed by atoms with van der Waals surface area (Å²) in [6.07, 6.45) is 5.72. The summed E-state index contributed by atoms with van der Waals surface area (Å²) in [5.41, 5.74) is 0.0628. The fourth-order valence-electron chi connectivity index (χ4n) is 2.53. The molecule has 110 valence electrons. The fraction of sp³-hybridized carbons (Fsp3) is 0.571. The van der Waals surface area contributed by atoms with Gasteiger partial charge in [-0.25, -0.2) is 0 Å². The highest BCUT2D eigenvalue weighted by atomic mass is 32.2. The van der Waals surface area contributed by atoms with Crippen LogP contribution in [0.5, 0.6) is 5.75 Å². The monoisotopic (exact) mass is 296 g/mol. The van der Waals surface area contributed by atoms with Crippen LogP contribution in [0, 0.1) is 5.92 Å². The van der Waals surface area contributed by atoms with Crippen LogP contribution in [0.3, 0.4) is 0 Å². The lowest BCUT2D eigenvalue weighted by atomic mass is 10.00. The van der Waals surface area contributed by atoms with Crippen LogP contribution >= 0.6 is 11.8 Å². The highest BCUT2D eigenvalue weighted by Gasteiger charge is 2.24. The number of aromatic nitrogens is 1. The number of amides is 1. The van der Waals surface area contributed by atoms with Crippen LogP contribution in [0.25, 0.3) is 0 Å². The fourth-order valence-corrected chi connectivity index (χ4v) is 3.28. The molecule has 5 nitrogen and oxygen atoms in total. The molecule has 0 aromatic carbocycles. The number of piperidine rings is 1. The molecule has 1 amide bonds. The predicted molar refractivity (Wildman–Crippen MR) is 80.6 cm³/mol. The van der Waals surface area contributed by atoms with Crippen LogP contribution < -0.4 is 10.2 Å². The van der Waals surface area contributed by atoms with Gasteiger partial charge in [0.05, 0.1) is 7.11 Å². The number of nitrogens with one attached hydrogen (secondary N) is 1. The molecule has 2 heterocycles. The maximum absolute atomic E-state index is 12.4. The second kappa shape index (κ2) is 6.83. The van der Waals surface area contributed by atoms with Crippen LogP contribution in [0.1, 0.15) is 23.3 Å². The number of aromatic amines is 1. The Morgan fingerprint density at radius 3 is 3.05 bits per heavy atom. The van der Waals surface area contributed by atoms with E-state index in [0.29, 0.717) is 11.6 Å². The smallest absolute Gasteiger partial charge is 0.270 e. The molecule has 1 aromatic rings. The summed E-state index contributed by atoms with van der Waals surface area (Å²) < 4.78 is 4.90. The molecule has 1 aliphatic heterocycles. The minimum absolute atomic E-state index is 0.101. The summed E-state index contributed by atoms with van der Waals surface area (Å²) in [6.45, 7) is 1.53. The number of hydrogen-bond donors (Lipinski definition) is 1. The molecule has 6 heteroatoms. The van der Waals surface area contributed by atoms with E-state index in [4.69, 9.17) is 4.74 Å². The number of H-pyrrole nitrogens is 1. The third kappa shape index (κ3) is 3.36. The maximum atomic E-state index is 12.4. The number of likely N-dealkylation sites (tertiary alicyclic amines) is 1. The van der Waals surface area contributed by atoms with Crippen LogP contribution in [-0.2, 0) is 0 Å². The zero-order valence-electron chi connectivity index (χ0n) is 11.8. The number of rotatable bonds is 4. The van der Waals surface area contributed by atoms with Gasteiger partial charge in [-0.3, -0.25) is 9.59 Å². The number of nitrogens with zero attached hydrogens (tertiary/aromatic N) is 1. The molecule has 2 rings (SSSR count). The van der Waals surface area contributed by atoms with Gasteiger partial charge in [0.25, 0.3) is 5.91 Å². The summed E-state index contributed by atoms with van der Waals surface area (Å²) in [5.74, 6) is 1.74. The molecule has 1 aromatic heterocycles. The SMILES string of the molecule is COc1c[nH]c(C(=O)N2CCC[C@@H](CSC)C2)cc1=O. The molecule has 0 bridgehead atoms. The number of carbonyl (C=O) groups excluding carboxylic acids is 1. The van der Waals surface area contributed by atoms with E-state index < -0.39 is 0 Å². The normalized spacial score (nSPS) is 18.9. The minimum atomic E-state index is -0.271. The lowest BCUT2D eigenvalue weighted by molar-refractivity contribution is 0.0679. The molecule has 1 saturated heterocycles. The lowest BCUT2D eigenvalue weighted by Gasteiger charge is -2.32. The molecule has 20 heavy (non-hydrogen) atoms. The van der Waals surface area contributed by atoms with E-state index in [1.165, 1.54) is 25.8 Å². The number of ether oxygens (including phenoxy) is 1. The topological polar surface area (TPSA) is 62.4 Å². The van der Waals surface area contributed by atoms with Crippen molar-refractivity contribution in [3.63, 3.8) is 0 Å². The number of thioether (sulfide) groups is 1. The van der Waals surface area contributed by atoms with E-state index >= 15 is 0 Å². The lowest BCUT2D eigenvalue weighted by Crippen LogP contribution is -2.41. The van der Waals surface area contributed by atoms with Gasteiger partial charge in [0, 0.05) is 25.4 Å². The first-order valence-electron chi connectivity index (χ1n) is 6.70. The molecule has 1 N–H and O–H groups in total. The van der Waals surface area contributed by atoms with Crippen molar-refractivity contribution in [3.8, 4) is 5.75 Å². The van der Waals surface area contributed by atoms with E-state index in [0.717, 1.165) is 25.3 Å². The zero-order valence-corrected chi connectivity index (χ0v) is 12.7. The first kappa shape index (κ1) is 15.0. The van der Waals surface area contributed by atoms with Crippen molar-refractivity contribution in [3.05, 3.63) is 28.2 Å². The number of carbonyl (C=O) groups is 1. The van der Waals surface area contributed by atoms with E-state index in [2.05, 4.69) is 11.2 Å². The Balaban J connectivity index is 2.10. The van der Waals surface area contributed by atoms with Gasteiger partial charge in [-0.15, -0.1) is 0 Å². The highest BCUT2D eigenvalue weighted by Crippen LogP contribution is 2.20. The van der Waals surface area contributed by atoms with Crippen LogP contribution in [-0.4, -0.2) is 48.0 Å². The van der Waals surface area contributed by atoms with Gasteiger partial charge < -0.3 is 14.6 Å².